The number of nitrogens with zero attached hydrogens (tertiary/aromatic N) is 1. The number of likely N-dealkylation sites (N-methyl/N-ethyl adjacent to an activating group) is 1. The molecule has 0 unspecified atom stereocenters. The average Bonchev–Trinajstić information content (AvgIpc) is 2.98. The Morgan fingerprint density at radius 1 is 1.00 bits per heavy atom. The molecule has 0 aliphatic heterocycles. The van der Waals surface area contributed by atoms with Gasteiger partial charge in [-0.15, -0.1) is 0 Å². The molecule has 0 saturated carbocycles. The largest absolute Gasteiger partial charge is 0.468 e. The molecule has 5 heteroatoms. The number of hydrogen-bond donors (Lipinski definition) is 0. The minimum absolute atomic E-state index is 0.00758. The molecule has 0 spiro atoms. The van der Waals surface area contributed by atoms with E-state index >= 15 is 0 Å². The molecule has 3 rings (SSSR count). The van der Waals surface area contributed by atoms with Crippen molar-refractivity contribution in [2.45, 2.75) is 12.8 Å². The van der Waals surface area contributed by atoms with Gasteiger partial charge in [-0.05, 0) is 29.2 Å². The van der Waals surface area contributed by atoms with Crippen LogP contribution in [0.3, 0.4) is 0 Å². The van der Waals surface area contributed by atoms with Gasteiger partial charge in [0.15, 0.2) is 0 Å². The van der Waals surface area contributed by atoms with Crippen molar-refractivity contribution in [3.05, 3.63) is 59.7 Å². The summed E-state index contributed by atoms with van der Waals surface area (Å²) < 4.78 is 10.1. The molecular weight excluding hydrogens is 318 g/mol. The zero-order chi connectivity index (χ0) is 17.8. The van der Waals surface area contributed by atoms with E-state index in [1.54, 1.807) is 6.92 Å². The molecule has 0 radical (unpaired) electrons. The lowest BCUT2D eigenvalue weighted by molar-refractivity contribution is -0.141. The normalized spacial score (nSPS) is 12.2. The van der Waals surface area contributed by atoms with Crippen LogP contribution >= 0.6 is 0 Å². The fourth-order valence-electron chi connectivity index (χ4n) is 3.21. The predicted octanol–water partition coefficient (Wildman–Crippen LogP) is 3.43. The zero-order valence-corrected chi connectivity index (χ0v) is 14.4. The highest BCUT2D eigenvalue weighted by atomic mass is 16.6. The summed E-state index contributed by atoms with van der Waals surface area (Å²) in [5.74, 6) is -0.455. The second-order valence-corrected chi connectivity index (χ2v) is 5.89. The summed E-state index contributed by atoms with van der Waals surface area (Å²) in [6, 6.07) is 16.3. The maximum absolute atomic E-state index is 12.3. The molecule has 1 aliphatic carbocycles. The zero-order valence-electron chi connectivity index (χ0n) is 14.4. The minimum atomic E-state index is -0.505. The molecule has 1 aliphatic rings. The highest BCUT2D eigenvalue weighted by Gasteiger charge is 2.29. The van der Waals surface area contributed by atoms with E-state index in [4.69, 9.17) is 4.74 Å². The van der Waals surface area contributed by atoms with Crippen LogP contribution in [0.4, 0.5) is 4.79 Å². The molecule has 2 aromatic rings. The van der Waals surface area contributed by atoms with E-state index in [0.717, 1.165) is 11.1 Å². The minimum Gasteiger partial charge on any atom is -0.468 e. The quantitative estimate of drug-likeness (QED) is 0.783. The number of carbonyl (C=O) groups is 2. The smallest absolute Gasteiger partial charge is 0.410 e. The number of fused-ring (bicyclic) bond motifs is 3. The van der Waals surface area contributed by atoms with Crippen molar-refractivity contribution < 1.29 is 19.1 Å². The number of esters is 1. The molecular formula is C20H21NO4. The summed E-state index contributed by atoms with van der Waals surface area (Å²) in [6.45, 7) is 2.31. The Bertz CT molecular complexity index is 741. The van der Waals surface area contributed by atoms with E-state index in [0.29, 0.717) is 6.54 Å². The first kappa shape index (κ1) is 17.0. The second kappa shape index (κ2) is 7.38. The van der Waals surface area contributed by atoms with Gasteiger partial charge in [-0.1, -0.05) is 48.5 Å². The number of benzene rings is 2. The molecule has 1 amide bonds. The molecule has 5 nitrogen and oxygen atoms in total. The van der Waals surface area contributed by atoms with Crippen molar-refractivity contribution in [2.24, 2.45) is 0 Å². The number of carbonyl (C=O) groups excluding carboxylic acids is 2. The van der Waals surface area contributed by atoms with E-state index in [1.807, 2.05) is 24.3 Å². The molecule has 0 fully saturated rings. The van der Waals surface area contributed by atoms with Crippen molar-refractivity contribution in [1.29, 1.82) is 0 Å². The van der Waals surface area contributed by atoms with Gasteiger partial charge in [0.05, 0.1) is 7.11 Å². The first-order valence-electron chi connectivity index (χ1n) is 8.32. The van der Waals surface area contributed by atoms with E-state index in [9.17, 15) is 9.59 Å². The molecule has 0 N–H and O–H groups in total. The number of amides is 1. The van der Waals surface area contributed by atoms with Crippen molar-refractivity contribution in [1.82, 2.24) is 4.90 Å². The van der Waals surface area contributed by atoms with Gasteiger partial charge in [0.1, 0.15) is 13.2 Å². The van der Waals surface area contributed by atoms with Crippen LogP contribution in [0.2, 0.25) is 0 Å². The van der Waals surface area contributed by atoms with Crippen molar-refractivity contribution in [2.75, 3.05) is 26.8 Å². The lowest BCUT2D eigenvalue weighted by Crippen LogP contribution is -2.37. The van der Waals surface area contributed by atoms with E-state index in [2.05, 4.69) is 29.0 Å². The SMILES string of the molecule is CCN(CC(=O)OC)C(=O)OCC1c2ccccc2-c2ccccc21. The number of ether oxygens (including phenoxy) is 2. The van der Waals surface area contributed by atoms with Crippen LogP contribution in [0.5, 0.6) is 0 Å². The Morgan fingerprint density at radius 3 is 2.08 bits per heavy atom. The van der Waals surface area contributed by atoms with Gasteiger partial charge in [0.2, 0.25) is 0 Å². The maximum Gasteiger partial charge on any atom is 0.410 e. The highest BCUT2D eigenvalue weighted by Crippen LogP contribution is 2.44. The highest BCUT2D eigenvalue weighted by molar-refractivity contribution is 5.80. The second-order valence-electron chi connectivity index (χ2n) is 5.89. The third-order valence-electron chi connectivity index (χ3n) is 4.52. The van der Waals surface area contributed by atoms with Gasteiger partial charge < -0.3 is 9.47 Å². The molecule has 2 aromatic carbocycles. The Hall–Kier alpha value is -2.82. The van der Waals surface area contributed by atoms with E-state index in [1.165, 1.54) is 23.1 Å². The number of hydrogen-bond acceptors (Lipinski definition) is 4. The van der Waals surface area contributed by atoms with Gasteiger partial charge in [0.25, 0.3) is 0 Å². The third kappa shape index (κ3) is 3.36. The van der Waals surface area contributed by atoms with E-state index < -0.39 is 12.1 Å². The summed E-state index contributed by atoms with van der Waals surface area (Å²) in [7, 11) is 1.30. The van der Waals surface area contributed by atoms with Gasteiger partial charge in [-0.25, -0.2) is 4.79 Å². The van der Waals surface area contributed by atoms with Gasteiger partial charge in [-0.2, -0.15) is 0 Å². The summed E-state index contributed by atoms with van der Waals surface area (Å²) in [5.41, 5.74) is 4.68. The fourth-order valence-corrected chi connectivity index (χ4v) is 3.21. The Kier molecular flexibility index (Phi) is 5.03. The monoisotopic (exact) mass is 339 g/mol. The standard InChI is InChI=1S/C20H21NO4/c1-3-21(12-19(22)24-2)20(23)25-13-18-16-10-6-4-8-14(16)15-9-5-7-11-17(15)18/h4-11,18H,3,12-13H2,1-2H3. The van der Waals surface area contributed by atoms with Crippen LogP contribution in [-0.2, 0) is 14.3 Å². The van der Waals surface area contributed by atoms with Crippen LogP contribution < -0.4 is 0 Å². The molecule has 0 heterocycles. The van der Waals surface area contributed by atoms with Crippen LogP contribution in [-0.4, -0.2) is 43.8 Å². The van der Waals surface area contributed by atoms with Crippen LogP contribution in [0, 0.1) is 0 Å². The van der Waals surface area contributed by atoms with Gasteiger partial charge in [-0.3, -0.25) is 9.69 Å². The van der Waals surface area contributed by atoms with Crippen LogP contribution in [0.1, 0.15) is 24.0 Å². The first-order chi connectivity index (χ1) is 12.2. The number of methoxy groups -OCH3 is 1. The molecule has 130 valence electrons. The Morgan fingerprint density at radius 2 is 1.56 bits per heavy atom. The average molecular weight is 339 g/mol. The number of rotatable bonds is 5. The summed E-state index contributed by atoms with van der Waals surface area (Å²) in [6.07, 6.45) is -0.505. The molecule has 25 heavy (non-hydrogen) atoms. The first-order valence-corrected chi connectivity index (χ1v) is 8.32. The summed E-state index contributed by atoms with van der Waals surface area (Å²) in [4.78, 5) is 25.0. The van der Waals surface area contributed by atoms with Gasteiger partial charge >= 0.3 is 12.1 Å². The van der Waals surface area contributed by atoms with Crippen molar-refractivity contribution in [3.8, 4) is 11.1 Å². The Balaban J connectivity index is 1.75. The molecule has 0 saturated heterocycles. The molecule has 0 bridgehead atoms. The van der Waals surface area contributed by atoms with Crippen molar-refractivity contribution >= 4 is 12.1 Å². The summed E-state index contributed by atoms with van der Waals surface area (Å²) >= 11 is 0. The van der Waals surface area contributed by atoms with E-state index in [-0.39, 0.29) is 19.1 Å². The lowest BCUT2D eigenvalue weighted by Gasteiger charge is -2.21. The van der Waals surface area contributed by atoms with Crippen LogP contribution in [0.15, 0.2) is 48.5 Å². The Labute approximate surface area is 147 Å². The predicted molar refractivity (Wildman–Crippen MR) is 94.3 cm³/mol. The van der Waals surface area contributed by atoms with Gasteiger partial charge in [0, 0.05) is 12.5 Å². The maximum atomic E-state index is 12.3. The molecule has 0 atom stereocenters. The van der Waals surface area contributed by atoms with Crippen LogP contribution in [0.25, 0.3) is 11.1 Å². The topological polar surface area (TPSA) is 55.8 Å². The lowest BCUT2D eigenvalue weighted by atomic mass is 9.98. The third-order valence-corrected chi connectivity index (χ3v) is 4.52. The summed E-state index contributed by atoms with van der Waals surface area (Å²) in [5, 5.41) is 0. The van der Waals surface area contributed by atoms with Crippen molar-refractivity contribution in [3.63, 3.8) is 0 Å². The molecule has 0 aromatic heterocycles. The fraction of sp³-hybridized carbons (Fsp3) is 0.300.